The Kier molecular flexibility index (Phi) is 3.63. The number of aryl methyl sites for hydroxylation is 1. The summed E-state index contributed by atoms with van der Waals surface area (Å²) in [6, 6.07) is 5.93. The topological polar surface area (TPSA) is 39.9 Å². The molecule has 2 rings (SSSR count). The van der Waals surface area contributed by atoms with Crippen LogP contribution in [-0.4, -0.2) is 18.1 Å². The van der Waals surface area contributed by atoms with Crippen molar-refractivity contribution in [2.45, 2.75) is 33.1 Å². The zero-order valence-electron chi connectivity index (χ0n) is 10.6. The van der Waals surface area contributed by atoms with Crippen molar-refractivity contribution in [3.8, 4) is 6.07 Å². The second-order valence-electron chi connectivity index (χ2n) is 4.80. The third-order valence-electron chi connectivity index (χ3n) is 3.48. The van der Waals surface area contributed by atoms with Gasteiger partial charge in [0.25, 0.3) is 0 Å². The lowest BCUT2D eigenvalue weighted by atomic mass is 9.85. The molecule has 3 heteroatoms. The minimum atomic E-state index is 0.708. The fourth-order valence-corrected chi connectivity index (χ4v) is 2.25. The maximum absolute atomic E-state index is 8.98. The highest BCUT2D eigenvalue weighted by molar-refractivity contribution is 5.46. The van der Waals surface area contributed by atoms with Crippen LogP contribution in [0.5, 0.6) is 0 Å². The van der Waals surface area contributed by atoms with Crippen LogP contribution in [0.1, 0.15) is 37.4 Å². The highest BCUT2D eigenvalue weighted by Gasteiger charge is 2.21. The van der Waals surface area contributed by atoms with Crippen LogP contribution >= 0.6 is 0 Å². The highest BCUT2D eigenvalue weighted by atomic mass is 15.2. The van der Waals surface area contributed by atoms with Crippen molar-refractivity contribution in [1.29, 1.82) is 5.26 Å². The molecule has 0 aliphatic heterocycles. The number of hydrogen-bond donors (Lipinski definition) is 0. The highest BCUT2D eigenvalue weighted by Crippen LogP contribution is 2.28. The van der Waals surface area contributed by atoms with Gasteiger partial charge in [0.1, 0.15) is 5.82 Å². The van der Waals surface area contributed by atoms with Crippen LogP contribution in [0.3, 0.4) is 0 Å². The Bertz CT molecular complexity index is 430. The van der Waals surface area contributed by atoms with Crippen LogP contribution in [0.4, 0.5) is 5.82 Å². The first-order chi connectivity index (χ1) is 8.22. The van der Waals surface area contributed by atoms with Gasteiger partial charge in [-0.2, -0.15) is 5.26 Å². The molecule has 90 valence electrons. The molecule has 0 amide bonds. The zero-order chi connectivity index (χ0) is 12.3. The summed E-state index contributed by atoms with van der Waals surface area (Å²) < 4.78 is 0. The Morgan fingerprint density at radius 3 is 2.76 bits per heavy atom. The van der Waals surface area contributed by atoms with E-state index >= 15 is 0 Å². The second-order valence-corrected chi connectivity index (χ2v) is 4.80. The normalized spacial score (nSPS) is 15.1. The lowest BCUT2D eigenvalue weighted by Crippen LogP contribution is -2.33. The van der Waals surface area contributed by atoms with Gasteiger partial charge in [0.15, 0.2) is 0 Å². The molecule has 1 aromatic rings. The summed E-state index contributed by atoms with van der Waals surface area (Å²) in [6.45, 7) is 6.13. The van der Waals surface area contributed by atoms with Crippen molar-refractivity contribution in [1.82, 2.24) is 4.98 Å². The van der Waals surface area contributed by atoms with Gasteiger partial charge in [-0.1, -0.05) is 6.42 Å². The molecule has 1 aromatic heterocycles. The number of hydrogen-bond acceptors (Lipinski definition) is 3. The molecule has 1 saturated carbocycles. The van der Waals surface area contributed by atoms with Crippen LogP contribution in [-0.2, 0) is 0 Å². The summed E-state index contributed by atoms with van der Waals surface area (Å²) in [5.74, 6) is 1.78. The predicted octanol–water partition coefficient (Wildman–Crippen LogP) is 2.89. The minimum absolute atomic E-state index is 0.708. The van der Waals surface area contributed by atoms with Gasteiger partial charge in [-0.25, -0.2) is 4.98 Å². The molecule has 0 unspecified atom stereocenters. The molecule has 3 nitrogen and oxygen atoms in total. The van der Waals surface area contributed by atoms with Gasteiger partial charge in [-0.3, -0.25) is 0 Å². The molecular formula is C14H19N3. The van der Waals surface area contributed by atoms with E-state index in [0.717, 1.165) is 30.5 Å². The van der Waals surface area contributed by atoms with Gasteiger partial charge in [0, 0.05) is 18.8 Å². The fourth-order valence-electron chi connectivity index (χ4n) is 2.25. The number of nitrogens with zero attached hydrogens (tertiary/aromatic N) is 3. The Morgan fingerprint density at radius 1 is 1.47 bits per heavy atom. The van der Waals surface area contributed by atoms with Crippen molar-refractivity contribution in [3.63, 3.8) is 0 Å². The number of aromatic nitrogens is 1. The van der Waals surface area contributed by atoms with Gasteiger partial charge >= 0.3 is 0 Å². The lowest BCUT2D eigenvalue weighted by Gasteiger charge is -2.32. The van der Waals surface area contributed by atoms with E-state index in [0.29, 0.717) is 5.56 Å². The minimum Gasteiger partial charge on any atom is -0.357 e. The lowest BCUT2D eigenvalue weighted by molar-refractivity contribution is 0.318. The van der Waals surface area contributed by atoms with Crippen LogP contribution < -0.4 is 4.90 Å². The van der Waals surface area contributed by atoms with E-state index in [-0.39, 0.29) is 0 Å². The van der Waals surface area contributed by atoms with Gasteiger partial charge in [-0.15, -0.1) is 0 Å². The van der Waals surface area contributed by atoms with E-state index in [4.69, 9.17) is 5.26 Å². The van der Waals surface area contributed by atoms with Crippen molar-refractivity contribution < 1.29 is 0 Å². The number of pyridine rings is 1. The Morgan fingerprint density at radius 2 is 2.24 bits per heavy atom. The first-order valence-electron chi connectivity index (χ1n) is 6.36. The van der Waals surface area contributed by atoms with Crippen LogP contribution in [0, 0.1) is 24.2 Å². The Labute approximate surface area is 103 Å². The van der Waals surface area contributed by atoms with Crippen molar-refractivity contribution in [2.24, 2.45) is 5.92 Å². The molecule has 0 atom stereocenters. The summed E-state index contributed by atoms with van der Waals surface area (Å²) in [7, 11) is 0. The number of nitriles is 1. The van der Waals surface area contributed by atoms with Gasteiger partial charge in [0.2, 0.25) is 0 Å². The van der Waals surface area contributed by atoms with E-state index in [1.165, 1.54) is 19.3 Å². The number of anilines is 1. The summed E-state index contributed by atoms with van der Waals surface area (Å²) in [5, 5.41) is 8.98. The van der Waals surface area contributed by atoms with Crippen molar-refractivity contribution >= 4 is 5.82 Å². The Balaban J connectivity index is 2.17. The molecule has 1 aliphatic rings. The standard InChI is InChI=1S/C14H19N3/c1-3-17(10-12-5-4-6-12)14-8-13(9-15)7-11(2)16-14/h7-8,12H,3-6,10H2,1-2H3. The van der Waals surface area contributed by atoms with Crippen molar-refractivity contribution in [2.75, 3.05) is 18.0 Å². The van der Waals surface area contributed by atoms with Crippen molar-refractivity contribution in [3.05, 3.63) is 23.4 Å². The van der Waals surface area contributed by atoms with Crippen LogP contribution in [0.2, 0.25) is 0 Å². The van der Waals surface area contributed by atoms with Gasteiger partial charge in [0.05, 0.1) is 11.6 Å². The largest absolute Gasteiger partial charge is 0.357 e. The molecule has 1 heterocycles. The molecule has 0 aromatic carbocycles. The molecule has 17 heavy (non-hydrogen) atoms. The van der Waals surface area contributed by atoms with E-state index < -0.39 is 0 Å². The molecule has 1 fully saturated rings. The summed E-state index contributed by atoms with van der Waals surface area (Å²) in [6.07, 6.45) is 4.05. The van der Waals surface area contributed by atoms with E-state index in [1.54, 1.807) is 0 Å². The third-order valence-corrected chi connectivity index (χ3v) is 3.48. The monoisotopic (exact) mass is 229 g/mol. The average Bonchev–Trinajstić information content (AvgIpc) is 2.27. The summed E-state index contributed by atoms with van der Waals surface area (Å²) in [5.41, 5.74) is 1.63. The quantitative estimate of drug-likeness (QED) is 0.797. The Hall–Kier alpha value is -1.56. The third kappa shape index (κ3) is 2.76. The van der Waals surface area contributed by atoms with Gasteiger partial charge in [-0.05, 0) is 44.7 Å². The summed E-state index contributed by atoms with van der Waals surface area (Å²) in [4.78, 5) is 6.83. The van der Waals surface area contributed by atoms with E-state index in [1.807, 2.05) is 19.1 Å². The molecule has 0 N–H and O–H groups in total. The smallest absolute Gasteiger partial charge is 0.130 e. The van der Waals surface area contributed by atoms with E-state index in [2.05, 4.69) is 22.9 Å². The van der Waals surface area contributed by atoms with Gasteiger partial charge < -0.3 is 4.90 Å². The maximum atomic E-state index is 8.98. The number of rotatable bonds is 4. The first kappa shape index (κ1) is 11.9. The SMILES string of the molecule is CCN(CC1CCC1)c1cc(C#N)cc(C)n1. The van der Waals surface area contributed by atoms with Crippen LogP contribution in [0.25, 0.3) is 0 Å². The summed E-state index contributed by atoms with van der Waals surface area (Å²) >= 11 is 0. The average molecular weight is 229 g/mol. The van der Waals surface area contributed by atoms with Crippen LogP contribution in [0.15, 0.2) is 12.1 Å². The molecular weight excluding hydrogens is 210 g/mol. The second kappa shape index (κ2) is 5.18. The van der Waals surface area contributed by atoms with E-state index in [9.17, 15) is 0 Å². The molecule has 0 radical (unpaired) electrons. The predicted molar refractivity (Wildman–Crippen MR) is 68.9 cm³/mol. The molecule has 0 bridgehead atoms. The first-order valence-corrected chi connectivity index (χ1v) is 6.36. The maximum Gasteiger partial charge on any atom is 0.130 e. The molecule has 0 spiro atoms. The fraction of sp³-hybridized carbons (Fsp3) is 0.571. The zero-order valence-corrected chi connectivity index (χ0v) is 10.6. The molecule has 1 aliphatic carbocycles. The molecule has 0 saturated heterocycles.